The third-order valence-electron chi connectivity index (χ3n) is 4.62. The van der Waals surface area contributed by atoms with Crippen LogP contribution in [-0.2, 0) is 13.1 Å². The van der Waals surface area contributed by atoms with Crippen molar-refractivity contribution in [2.75, 3.05) is 20.1 Å². The molecule has 0 bridgehead atoms. The van der Waals surface area contributed by atoms with Crippen LogP contribution >= 0.6 is 11.3 Å². The summed E-state index contributed by atoms with van der Waals surface area (Å²) in [6.45, 7) is 5.15. The fourth-order valence-electron chi connectivity index (χ4n) is 3.16. The summed E-state index contributed by atoms with van der Waals surface area (Å²) in [5.41, 5.74) is 0.802. The van der Waals surface area contributed by atoms with E-state index < -0.39 is 11.6 Å². The van der Waals surface area contributed by atoms with Gasteiger partial charge in [-0.05, 0) is 37.5 Å². The van der Waals surface area contributed by atoms with Gasteiger partial charge in [0.05, 0.1) is 6.54 Å². The zero-order valence-electron chi connectivity index (χ0n) is 15.6. The van der Waals surface area contributed by atoms with Gasteiger partial charge in [-0.15, -0.1) is 11.3 Å². The molecule has 1 aliphatic heterocycles. The van der Waals surface area contributed by atoms with E-state index in [1.54, 1.807) is 24.5 Å². The highest BCUT2D eigenvalue weighted by atomic mass is 32.1. The van der Waals surface area contributed by atoms with E-state index in [0.717, 1.165) is 42.5 Å². The highest BCUT2D eigenvalue weighted by molar-refractivity contribution is 7.11. The fraction of sp³-hybridized carbons (Fsp3) is 0.474. The van der Waals surface area contributed by atoms with Gasteiger partial charge in [-0.1, -0.05) is 6.07 Å². The van der Waals surface area contributed by atoms with Crippen LogP contribution in [0, 0.1) is 18.6 Å². The highest BCUT2D eigenvalue weighted by Crippen LogP contribution is 2.16. The molecule has 1 fully saturated rings. The van der Waals surface area contributed by atoms with Crippen molar-refractivity contribution in [2.24, 2.45) is 4.99 Å². The van der Waals surface area contributed by atoms with Gasteiger partial charge < -0.3 is 10.6 Å². The van der Waals surface area contributed by atoms with Gasteiger partial charge in [-0.3, -0.25) is 9.89 Å². The Hall–Kier alpha value is -2.06. The molecule has 1 aromatic heterocycles. The third-order valence-corrected chi connectivity index (χ3v) is 5.53. The van der Waals surface area contributed by atoms with Crippen LogP contribution in [0.25, 0.3) is 0 Å². The smallest absolute Gasteiger partial charge is 0.191 e. The summed E-state index contributed by atoms with van der Waals surface area (Å²) >= 11 is 1.68. The standard InChI is InChI=1S/C19H25F2N5S/c1-13-10-23-18(27-13)11-24-19(22-2)25-15-5-7-26(8-6-15)12-14-3-4-16(20)17(21)9-14/h3-4,9-10,15H,5-8,11-12H2,1-2H3,(H2,22,24,25). The minimum absolute atomic E-state index is 0.343. The number of nitrogens with zero attached hydrogens (tertiary/aromatic N) is 3. The first-order valence-corrected chi connectivity index (χ1v) is 9.90. The van der Waals surface area contributed by atoms with Crippen LogP contribution in [0.3, 0.4) is 0 Å². The Morgan fingerprint density at radius 2 is 2.07 bits per heavy atom. The Labute approximate surface area is 162 Å². The number of aryl methyl sites for hydroxylation is 1. The zero-order valence-corrected chi connectivity index (χ0v) is 16.5. The molecule has 0 spiro atoms. The van der Waals surface area contributed by atoms with Gasteiger partial charge >= 0.3 is 0 Å². The number of aliphatic imine (C=N–C) groups is 1. The fourth-order valence-corrected chi connectivity index (χ4v) is 3.89. The molecule has 27 heavy (non-hydrogen) atoms. The lowest BCUT2D eigenvalue weighted by molar-refractivity contribution is 0.198. The molecule has 0 unspecified atom stereocenters. The predicted octanol–water partition coefficient (Wildman–Crippen LogP) is 3.06. The number of guanidine groups is 1. The average molecular weight is 394 g/mol. The second kappa shape index (κ2) is 9.23. The second-order valence-electron chi connectivity index (χ2n) is 6.73. The summed E-state index contributed by atoms with van der Waals surface area (Å²) in [5.74, 6) is -0.801. The highest BCUT2D eigenvalue weighted by Gasteiger charge is 2.20. The van der Waals surface area contributed by atoms with E-state index in [4.69, 9.17) is 0 Å². The molecular formula is C19H25F2N5S. The van der Waals surface area contributed by atoms with Crippen molar-refractivity contribution in [3.63, 3.8) is 0 Å². The molecule has 8 heteroatoms. The molecule has 2 N–H and O–H groups in total. The monoisotopic (exact) mass is 393 g/mol. The van der Waals surface area contributed by atoms with Crippen molar-refractivity contribution >= 4 is 17.3 Å². The van der Waals surface area contributed by atoms with E-state index >= 15 is 0 Å². The summed E-state index contributed by atoms with van der Waals surface area (Å²) in [6.07, 6.45) is 3.82. The topological polar surface area (TPSA) is 52.6 Å². The number of nitrogens with one attached hydrogen (secondary N) is 2. The van der Waals surface area contributed by atoms with Crippen LogP contribution in [-0.4, -0.2) is 42.0 Å². The zero-order chi connectivity index (χ0) is 19.2. The van der Waals surface area contributed by atoms with E-state index in [0.29, 0.717) is 19.1 Å². The summed E-state index contributed by atoms with van der Waals surface area (Å²) in [5, 5.41) is 7.81. The molecule has 1 aliphatic rings. The number of rotatable bonds is 5. The number of benzene rings is 1. The van der Waals surface area contributed by atoms with Gasteiger partial charge in [0.2, 0.25) is 0 Å². The van der Waals surface area contributed by atoms with Gasteiger partial charge in [0.15, 0.2) is 17.6 Å². The van der Waals surface area contributed by atoms with Crippen molar-refractivity contribution in [3.05, 3.63) is 51.5 Å². The average Bonchev–Trinajstić information content (AvgIpc) is 3.08. The summed E-state index contributed by atoms with van der Waals surface area (Å²) in [4.78, 5) is 12.1. The summed E-state index contributed by atoms with van der Waals surface area (Å²) in [7, 11) is 1.76. The maximum Gasteiger partial charge on any atom is 0.191 e. The Morgan fingerprint density at radius 1 is 1.30 bits per heavy atom. The molecule has 0 aliphatic carbocycles. The second-order valence-corrected chi connectivity index (χ2v) is 8.05. The molecule has 0 radical (unpaired) electrons. The first-order chi connectivity index (χ1) is 13.0. The molecule has 2 heterocycles. The lowest BCUT2D eigenvalue weighted by Gasteiger charge is -2.33. The molecule has 1 saturated heterocycles. The maximum absolute atomic E-state index is 13.3. The number of likely N-dealkylation sites (tertiary alicyclic amines) is 1. The van der Waals surface area contributed by atoms with Crippen molar-refractivity contribution in [1.29, 1.82) is 0 Å². The van der Waals surface area contributed by atoms with Crippen molar-refractivity contribution < 1.29 is 8.78 Å². The van der Waals surface area contributed by atoms with Crippen LogP contribution in [0.2, 0.25) is 0 Å². The largest absolute Gasteiger partial charge is 0.354 e. The van der Waals surface area contributed by atoms with Gasteiger partial charge in [0.1, 0.15) is 5.01 Å². The summed E-state index contributed by atoms with van der Waals surface area (Å²) < 4.78 is 26.4. The SMILES string of the molecule is CN=C(NCc1ncc(C)s1)NC1CCN(Cc2ccc(F)c(F)c2)CC1. The van der Waals surface area contributed by atoms with Crippen LogP contribution < -0.4 is 10.6 Å². The Kier molecular flexibility index (Phi) is 6.73. The van der Waals surface area contributed by atoms with Gasteiger partial charge in [0.25, 0.3) is 0 Å². The molecular weight excluding hydrogens is 368 g/mol. The first-order valence-electron chi connectivity index (χ1n) is 9.08. The number of thiazole rings is 1. The number of hydrogen-bond donors (Lipinski definition) is 2. The van der Waals surface area contributed by atoms with Crippen LogP contribution in [0.1, 0.15) is 28.3 Å². The maximum atomic E-state index is 13.3. The predicted molar refractivity (Wildman–Crippen MR) is 105 cm³/mol. The quantitative estimate of drug-likeness (QED) is 0.606. The van der Waals surface area contributed by atoms with Crippen molar-refractivity contribution in [3.8, 4) is 0 Å². The number of halogens is 2. The number of aromatic nitrogens is 1. The summed E-state index contributed by atoms with van der Waals surface area (Å²) in [6, 6.07) is 4.47. The lowest BCUT2D eigenvalue weighted by Crippen LogP contribution is -2.48. The van der Waals surface area contributed by atoms with Gasteiger partial charge in [0, 0.05) is 43.8 Å². The molecule has 0 saturated carbocycles. The van der Waals surface area contributed by atoms with Gasteiger partial charge in [-0.2, -0.15) is 0 Å². The molecule has 0 atom stereocenters. The van der Waals surface area contributed by atoms with Crippen molar-refractivity contribution in [2.45, 2.75) is 38.9 Å². The van der Waals surface area contributed by atoms with E-state index in [9.17, 15) is 8.78 Å². The van der Waals surface area contributed by atoms with Crippen LogP contribution in [0.4, 0.5) is 8.78 Å². The van der Waals surface area contributed by atoms with E-state index in [1.165, 1.54) is 17.0 Å². The minimum Gasteiger partial charge on any atom is -0.354 e. The molecule has 3 rings (SSSR count). The van der Waals surface area contributed by atoms with Crippen LogP contribution in [0.15, 0.2) is 29.4 Å². The Balaban J connectivity index is 1.43. The first kappa shape index (κ1) is 19.7. The lowest BCUT2D eigenvalue weighted by atomic mass is 10.0. The van der Waals surface area contributed by atoms with E-state index in [1.807, 2.05) is 13.1 Å². The van der Waals surface area contributed by atoms with E-state index in [-0.39, 0.29) is 0 Å². The molecule has 2 aromatic rings. The molecule has 1 aromatic carbocycles. The number of hydrogen-bond acceptors (Lipinski definition) is 4. The minimum atomic E-state index is -0.798. The van der Waals surface area contributed by atoms with E-state index in [2.05, 4.69) is 25.5 Å². The normalized spacial score (nSPS) is 16.5. The molecule has 5 nitrogen and oxygen atoms in total. The van der Waals surface area contributed by atoms with Crippen LogP contribution in [0.5, 0.6) is 0 Å². The van der Waals surface area contributed by atoms with Crippen molar-refractivity contribution in [1.82, 2.24) is 20.5 Å². The third kappa shape index (κ3) is 5.71. The molecule has 0 amide bonds. The Morgan fingerprint density at radius 3 is 2.70 bits per heavy atom. The van der Waals surface area contributed by atoms with Gasteiger partial charge in [-0.25, -0.2) is 13.8 Å². The Bertz CT molecular complexity index is 784. The molecule has 146 valence electrons. The number of piperidine rings is 1.